The van der Waals surface area contributed by atoms with Crippen LogP contribution in [-0.2, 0) is 12.6 Å². The van der Waals surface area contributed by atoms with E-state index in [4.69, 9.17) is 11.6 Å². The van der Waals surface area contributed by atoms with Crippen LogP contribution in [0.2, 0.25) is 5.02 Å². The molecule has 0 spiro atoms. The number of anilines is 1. The van der Waals surface area contributed by atoms with Crippen molar-refractivity contribution in [1.82, 2.24) is 9.38 Å². The van der Waals surface area contributed by atoms with E-state index in [1.54, 1.807) is 19.1 Å². The third kappa shape index (κ3) is 3.26. The van der Waals surface area contributed by atoms with E-state index in [-0.39, 0.29) is 16.4 Å². The number of rotatable bonds is 3. The average Bonchev–Trinajstić information content (AvgIpc) is 2.95. The normalized spacial score (nSPS) is 11.8. The number of nitrogens with zero attached hydrogens (tertiary/aromatic N) is 2. The maximum atomic E-state index is 13.1. The monoisotopic (exact) mass is 381 g/mol. The lowest BCUT2D eigenvalue weighted by molar-refractivity contribution is -0.137. The number of fused-ring (bicyclic) bond motifs is 1. The minimum absolute atomic E-state index is 0.0405. The zero-order valence-corrected chi connectivity index (χ0v) is 14.7. The van der Waals surface area contributed by atoms with Crippen molar-refractivity contribution < 1.29 is 18.0 Å². The summed E-state index contributed by atoms with van der Waals surface area (Å²) in [5, 5.41) is 2.57. The van der Waals surface area contributed by atoms with E-state index in [1.807, 2.05) is 19.1 Å². The van der Waals surface area contributed by atoms with E-state index < -0.39 is 17.6 Å². The van der Waals surface area contributed by atoms with Gasteiger partial charge in [0.15, 0.2) is 5.65 Å². The number of aryl methyl sites for hydroxylation is 2. The number of hydrogen-bond donors (Lipinski definition) is 1. The van der Waals surface area contributed by atoms with Crippen molar-refractivity contribution >= 4 is 28.8 Å². The molecule has 0 atom stereocenters. The second-order valence-electron chi connectivity index (χ2n) is 5.80. The molecule has 2 aromatic heterocycles. The summed E-state index contributed by atoms with van der Waals surface area (Å²) in [6, 6.07) is 7.94. The molecule has 1 amide bonds. The fourth-order valence-corrected chi connectivity index (χ4v) is 2.94. The molecule has 26 heavy (non-hydrogen) atoms. The highest BCUT2D eigenvalue weighted by molar-refractivity contribution is 6.33. The maximum Gasteiger partial charge on any atom is 0.417 e. The van der Waals surface area contributed by atoms with E-state index in [1.165, 1.54) is 0 Å². The van der Waals surface area contributed by atoms with E-state index in [0.29, 0.717) is 17.8 Å². The number of nitrogens with one attached hydrogen (secondary N) is 1. The highest BCUT2D eigenvalue weighted by Crippen LogP contribution is 2.33. The molecule has 3 rings (SSSR count). The molecule has 0 fully saturated rings. The SMILES string of the molecule is CCc1nc2c(Cl)cc(C(F)(F)F)cn2c1C(=O)Nc1ccccc1C. The van der Waals surface area contributed by atoms with Gasteiger partial charge in [-0.2, -0.15) is 13.2 Å². The van der Waals surface area contributed by atoms with Gasteiger partial charge < -0.3 is 5.32 Å². The minimum atomic E-state index is -4.59. The van der Waals surface area contributed by atoms with Crippen LogP contribution in [0.5, 0.6) is 0 Å². The maximum absolute atomic E-state index is 13.1. The number of benzene rings is 1. The molecule has 0 unspecified atom stereocenters. The number of amides is 1. The molecule has 4 nitrogen and oxygen atoms in total. The molecule has 136 valence electrons. The Bertz CT molecular complexity index is 995. The Morgan fingerprint density at radius 1 is 1.31 bits per heavy atom. The van der Waals surface area contributed by atoms with Crippen LogP contribution in [0.1, 0.15) is 34.2 Å². The Morgan fingerprint density at radius 3 is 2.62 bits per heavy atom. The van der Waals surface area contributed by atoms with Crippen LogP contribution in [0, 0.1) is 6.92 Å². The summed E-state index contributed by atoms with van der Waals surface area (Å²) >= 11 is 5.99. The van der Waals surface area contributed by atoms with Crippen molar-refractivity contribution in [3.05, 3.63) is 64.1 Å². The lowest BCUT2D eigenvalue weighted by Crippen LogP contribution is -2.17. The van der Waals surface area contributed by atoms with Gasteiger partial charge in [-0.15, -0.1) is 0 Å². The highest BCUT2D eigenvalue weighted by atomic mass is 35.5. The number of alkyl halides is 3. The molecule has 0 aliphatic rings. The van der Waals surface area contributed by atoms with Gasteiger partial charge in [0.2, 0.25) is 0 Å². The summed E-state index contributed by atoms with van der Waals surface area (Å²) in [6.45, 7) is 3.59. The lowest BCUT2D eigenvalue weighted by atomic mass is 10.2. The van der Waals surface area contributed by atoms with Crippen LogP contribution in [0.25, 0.3) is 5.65 Å². The number of carbonyl (C=O) groups is 1. The van der Waals surface area contributed by atoms with Crippen LogP contribution in [0.4, 0.5) is 18.9 Å². The number of halogens is 4. The Hall–Kier alpha value is -2.54. The molecule has 0 aliphatic carbocycles. The Kier molecular flexibility index (Phi) is 4.66. The molecule has 8 heteroatoms. The summed E-state index contributed by atoms with van der Waals surface area (Å²) in [4.78, 5) is 17.0. The first-order valence-corrected chi connectivity index (χ1v) is 8.24. The van der Waals surface area contributed by atoms with Gasteiger partial charge in [-0.3, -0.25) is 9.20 Å². The number of pyridine rings is 1. The van der Waals surface area contributed by atoms with E-state index in [2.05, 4.69) is 10.3 Å². The van der Waals surface area contributed by atoms with Crippen molar-refractivity contribution in [2.75, 3.05) is 5.32 Å². The largest absolute Gasteiger partial charge is 0.417 e. The first-order valence-electron chi connectivity index (χ1n) is 7.87. The molecular weight excluding hydrogens is 367 g/mol. The number of imidazole rings is 1. The van der Waals surface area contributed by atoms with Crippen molar-refractivity contribution in [3.8, 4) is 0 Å². The smallest absolute Gasteiger partial charge is 0.320 e. The average molecular weight is 382 g/mol. The van der Waals surface area contributed by atoms with Crippen LogP contribution in [0.3, 0.4) is 0 Å². The highest BCUT2D eigenvalue weighted by Gasteiger charge is 2.33. The molecule has 0 aliphatic heterocycles. The van der Waals surface area contributed by atoms with Crippen molar-refractivity contribution in [1.29, 1.82) is 0 Å². The van der Waals surface area contributed by atoms with Gasteiger partial charge in [-0.25, -0.2) is 4.98 Å². The van der Waals surface area contributed by atoms with Crippen LogP contribution in [-0.4, -0.2) is 15.3 Å². The topological polar surface area (TPSA) is 46.4 Å². The number of carbonyl (C=O) groups excluding carboxylic acids is 1. The Balaban J connectivity index is 2.16. The fraction of sp³-hybridized carbons (Fsp3) is 0.222. The second kappa shape index (κ2) is 6.64. The van der Waals surface area contributed by atoms with E-state index in [0.717, 1.165) is 22.2 Å². The molecule has 0 radical (unpaired) electrons. The molecule has 1 N–H and O–H groups in total. The van der Waals surface area contributed by atoms with Gasteiger partial charge in [0, 0.05) is 11.9 Å². The summed E-state index contributed by atoms with van der Waals surface area (Å²) in [5.74, 6) is -0.543. The van der Waals surface area contributed by atoms with Crippen molar-refractivity contribution in [3.63, 3.8) is 0 Å². The first kappa shape index (κ1) is 18.3. The summed E-state index contributed by atoms with van der Waals surface area (Å²) in [6.07, 6.45) is -3.37. The van der Waals surface area contributed by atoms with E-state index in [9.17, 15) is 18.0 Å². The van der Waals surface area contributed by atoms with Crippen LogP contribution >= 0.6 is 11.6 Å². The summed E-state index contributed by atoms with van der Waals surface area (Å²) in [5.41, 5.74) is 0.997. The second-order valence-corrected chi connectivity index (χ2v) is 6.20. The third-order valence-corrected chi connectivity index (χ3v) is 4.30. The Labute approximate surface area is 152 Å². The standard InChI is InChI=1S/C18H15ClF3N3O/c1-3-13-15(17(26)24-14-7-5-4-6-10(14)2)25-9-11(18(20,21)22)8-12(19)16(25)23-13/h4-9H,3H2,1-2H3,(H,24,26). The van der Waals surface area contributed by atoms with Crippen LogP contribution < -0.4 is 5.32 Å². The first-order chi connectivity index (χ1) is 12.2. The quantitative estimate of drug-likeness (QED) is 0.683. The number of hydrogen-bond acceptors (Lipinski definition) is 2. The molecule has 3 aromatic rings. The molecule has 0 saturated heterocycles. The number of para-hydroxylation sites is 1. The van der Waals surface area contributed by atoms with Crippen molar-refractivity contribution in [2.45, 2.75) is 26.4 Å². The van der Waals surface area contributed by atoms with Gasteiger partial charge >= 0.3 is 6.18 Å². The van der Waals surface area contributed by atoms with E-state index >= 15 is 0 Å². The number of aromatic nitrogens is 2. The fourth-order valence-electron chi connectivity index (χ4n) is 2.69. The van der Waals surface area contributed by atoms with Gasteiger partial charge in [0.25, 0.3) is 5.91 Å². The molecule has 0 bridgehead atoms. The van der Waals surface area contributed by atoms with Gasteiger partial charge in [-0.05, 0) is 31.0 Å². The predicted octanol–water partition coefficient (Wildman–Crippen LogP) is 5.13. The predicted molar refractivity (Wildman–Crippen MR) is 93.7 cm³/mol. The third-order valence-electron chi connectivity index (χ3n) is 4.02. The van der Waals surface area contributed by atoms with Gasteiger partial charge in [-0.1, -0.05) is 36.7 Å². The summed E-state index contributed by atoms with van der Waals surface area (Å²) in [7, 11) is 0. The zero-order valence-electron chi connectivity index (χ0n) is 14.0. The summed E-state index contributed by atoms with van der Waals surface area (Å²) < 4.78 is 40.5. The molecule has 0 saturated carbocycles. The van der Waals surface area contributed by atoms with Crippen LogP contribution in [0.15, 0.2) is 36.5 Å². The van der Waals surface area contributed by atoms with Gasteiger partial charge in [0.1, 0.15) is 5.69 Å². The minimum Gasteiger partial charge on any atom is -0.320 e. The molecule has 1 aromatic carbocycles. The molecular formula is C18H15ClF3N3O. The van der Waals surface area contributed by atoms with Gasteiger partial charge in [0.05, 0.1) is 16.3 Å². The zero-order chi connectivity index (χ0) is 19.1. The molecule has 2 heterocycles. The lowest BCUT2D eigenvalue weighted by Gasteiger charge is -2.11. The Morgan fingerprint density at radius 2 is 2.00 bits per heavy atom. The van der Waals surface area contributed by atoms with Crippen molar-refractivity contribution in [2.24, 2.45) is 0 Å².